The minimum absolute atomic E-state index is 0.0618. The van der Waals surface area contributed by atoms with Crippen LogP contribution >= 0.6 is 23.2 Å². The van der Waals surface area contributed by atoms with Crippen molar-refractivity contribution in [3.63, 3.8) is 0 Å². The van der Waals surface area contributed by atoms with Gasteiger partial charge in [0, 0.05) is 17.7 Å². The molecule has 0 saturated carbocycles. The van der Waals surface area contributed by atoms with Crippen molar-refractivity contribution in [2.45, 2.75) is 19.0 Å². The number of hydrogen-bond acceptors (Lipinski definition) is 5. The van der Waals surface area contributed by atoms with Crippen LogP contribution < -0.4 is 0 Å². The highest BCUT2D eigenvalue weighted by molar-refractivity contribution is 7.91. The fourth-order valence-electron chi connectivity index (χ4n) is 3.48. The van der Waals surface area contributed by atoms with Gasteiger partial charge >= 0.3 is 0 Å². The van der Waals surface area contributed by atoms with Gasteiger partial charge in [0.1, 0.15) is 17.3 Å². The number of halogens is 2. The standard InChI is InChI=1S/C22H19Cl2NO5S/c23-19-6-3-15(12-20(19)24)21-7-4-18(30-21)13-25(16-9-11-31(27,28)14-16)22(26)8-5-17-2-1-10-29-17/h1-8,10,12,16H,9,11,13-14H2/b8-5+. The van der Waals surface area contributed by atoms with Gasteiger partial charge in [-0.3, -0.25) is 4.79 Å². The molecule has 4 rings (SSSR count). The fraction of sp³-hybridized carbons (Fsp3) is 0.227. The molecule has 1 fully saturated rings. The van der Waals surface area contributed by atoms with E-state index in [0.717, 1.165) is 5.56 Å². The maximum atomic E-state index is 12.9. The van der Waals surface area contributed by atoms with Gasteiger partial charge in [-0.2, -0.15) is 0 Å². The summed E-state index contributed by atoms with van der Waals surface area (Å²) in [7, 11) is -3.17. The molecule has 1 saturated heterocycles. The maximum Gasteiger partial charge on any atom is 0.247 e. The maximum absolute atomic E-state index is 12.9. The second kappa shape index (κ2) is 8.94. The number of nitrogens with zero attached hydrogens (tertiary/aromatic N) is 1. The van der Waals surface area contributed by atoms with E-state index in [1.54, 1.807) is 48.5 Å². The summed E-state index contributed by atoms with van der Waals surface area (Å²) in [5.74, 6) is 1.33. The van der Waals surface area contributed by atoms with Gasteiger partial charge in [0.25, 0.3) is 0 Å². The molecule has 1 aliphatic heterocycles. The van der Waals surface area contributed by atoms with Gasteiger partial charge in [-0.15, -0.1) is 0 Å². The predicted octanol–water partition coefficient (Wildman–Crippen LogP) is 5.08. The Balaban J connectivity index is 1.56. The lowest BCUT2D eigenvalue weighted by atomic mass is 10.2. The van der Waals surface area contributed by atoms with Crippen LogP contribution in [0, 0.1) is 0 Å². The molecule has 162 valence electrons. The SMILES string of the molecule is O=C(/C=C/c1ccco1)N(Cc1ccc(-c2ccc(Cl)c(Cl)c2)o1)C1CCS(=O)(=O)C1. The number of benzene rings is 1. The zero-order valence-corrected chi connectivity index (χ0v) is 18.7. The third-order valence-corrected chi connectivity index (χ3v) is 7.55. The Kier molecular flexibility index (Phi) is 6.27. The van der Waals surface area contributed by atoms with Crippen LogP contribution in [0.25, 0.3) is 17.4 Å². The number of carbonyl (C=O) groups is 1. The van der Waals surface area contributed by atoms with E-state index in [1.165, 1.54) is 17.2 Å². The van der Waals surface area contributed by atoms with E-state index >= 15 is 0 Å². The van der Waals surface area contributed by atoms with E-state index in [2.05, 4.69) is 0 Å². The normalized spacial score (nSPS) is 17.9. The van der Waals surface area contributed by atoms with Crippen LogP contribution in [-0.2, 0) is 21.2 Å². The summed E-state index contributed by atoms with van der Waals surface area (Å²) in [4.78, 5) is 14.5. The Bertz CT molecular complexity index is 1210. The van der Waals surface area contributed by atoms with Crippen molar-refractivity contribution in [2.24, 2.45) is 0 Å². The Labute approximate surface area is 190 Å². The van der Waals surface area contributed by atoms with Crippen LogP contribution in [0.2, 0.25) is 10.0 Å². The van der Waals surface area contributed by atoms with Crippen molar-refractivity contribution >= 4 is 45.0 Å². The van der Waals surface area contributed by atoms with Gasteiger partial charge in [0.15, 0.2) is 9.84 Å². The number of rotatable bonds is 6. The molecular formula is C22H19Cl2NO5S. The summed E-state index contributed by atoms with van der Waals surface area (Å²) in [6.45, 7) is 0.142. The number of hydrogen-bond donors (Lipinski definition) is 0. The molecule has 0 N–H and O–H groups in total. The van der Waals surface area contributed by atoms with Crippen LogP contribution in [0.3, 0.4) is 0 Å². The van der Waals surface area contributed by atoms with Crippen molar-refractivity contribution in [1.29, 1.82) is 0 Å². The van der Waals surface area contributed by atoms with E-state index in [-0.39, 0.29) is 24.0 Å². The lowest BCUT2D eigenvalue weighted by Gasteiger charge is -2.26. The average Bonchev–Trinajstić information content (AvgIpc) is 3.47. The molecule has 1 aliphatic rings. The van der Waals surface area contributed by atoms with Crippen molar-refractivity contribution in [2.75, 3.05) is 11.5 Å². The van der Waals surface area contributed by atoms with Gasteiger partial charge in [-0.1, -0.05) is 23.2 Å². The molecule has 0 spiro atoms. The first kappa shape index (κ1) is 21.7. The number of amides is 1. The molecule has 0 bridgehead atoms. The summed E-state index contributed by atoms with van der Waals surface area (Å²) >= 11 is 12.1. The predicted molar refractivity (Wildman–Crippen MR) is 120 cm³/mol. The van der Waals surface area contributed by atoms with Gasteiger partial charge in [0.05, 0.1) is 34.4 Å². The Morgan fingerprint density at radius 2 is 2.00 bits per heavy atom. The third kappa shape index (κ3) is 5.23. The number of sulfone groups is 1. The van der Waals surface area contributed by atoms with E-state index in [9.17, 15) is 13.2 Å². The smallest absolute Gasteiger partial charge is 0.247 e. The summed E-state index contributed by atoms with van der Waals surface area (Å²) < 4.78 is 35.1. The molecular weight excluding hydrogens is 461 g/mol. The molecule has 3 heterocycles. The Morgan fingerprint density at radius 1 is 1.16 bits per heavy atom. The highest BCUT2D eigenvalue weighted by atomic mass is 35.5. The molecule has 0 aliphatic carbocycles. The van der Waals surface area contributed by atoms with Crippen LogP contribution in [0.4, 0.5) is 0 Å². The molecule has 6 nitrogen and oxygen atoms in total. The first-order valence-electron chi connectivity index (χ1n) is 9.57. The second-order valence-electron chi connectivity index (χ2n) is 7.27. The molecule has 2 aromatic heterocycles. The topological polar surface area (TPSA) is 80.7 Å². The summed E-state index contributed by atoms with van der Waals surface area (Å²) in [5, 5.41) is 0.855. The Hall–Kier alpha value is -2.48. The third-order valence-electron chi connectivity index (χ3n) is 5.06. The second-order valence-corrected chi connectivity index (χ2v) is 10.3. The van der Waals surface area contributed by atoms with Gasteiger partial charge in [-0.05, 0) is 55.0 Å². The van der Waals surface area contributed by atoms with Gasteiger partial charge < -0.3 is 13.7 Å². The Morgan fingerprint density at radius 3 is 2.68 bits per heavy atom. The average molecular weight is 480 g/mol. The number of carbonyl (C=O) groups excluding carboxylic acids is 1. The van der Waals surface area contributed by atoms with Gasteiger partial charge in [0.2, 0.25) is 5.91 Å². The highest BCUT2D eigenvalue weighted by Gasteiger charge is 2.34. The van der Waals surface area contributed by atoms with E-state index < -0.39 is 15.9 Å². The molecule has 1 amide bonds. The molecule has 1 unspecified atom stereocenters. The summed E-state index contributed by atoms with van der Waals surface area (Å²) in [6, 6.07) is 11.7. The molecule has 9 heteroatoms. The van der Waals surface area contributed by atoms with E-state index in [1.807, 2.05) is 0 Å². The van der Waals surface area contributed by atoms with Crippen molar-refractivity contribution < 1.29 is 22.0 Å². The lowest BCUT2D eigenvalue weighted by Crippen LogP contribution is -2.39. The fourth-order valence-corrected chi connectivity index (χ4v) is 5.51. The van der Waals surface area contributed by atoms with Crippen molar-refractivity contribution in [3.8, 4) is 11.3 Å². The van der Waals surface area contributed by atoms with Crippen LogP contribution in [-0.4, -0.2) is 36.8 Å². The van der Waals surface area contributed by atoms with E-state index in [0.29, 0.717) is 33.7 Å². The molecule has 3 aromatic rings. The minimum atomic E-state index is -3.17. The first-order chi connectivity index (χ1) is 14.8. The molecule has 0 radical (unpaired) electrons. The molecule has 1 atom stereocenters. The lowest BCUT2D eigenvalue weighted by molar-refractivity contribution is -0.128. The number of furan rings is 2. The van der Waals surface area contributed by atoms with Crippen molar-refractivity contribution in [1.82, 2.24) is 4.90 Å². The summed E-state index contributed by atoms with van der Waals surface area (Å²) in [6.07, 6.45) is 4.84. The highest BCUT2D eigenvalue weighted by Crippen LogP contribution is 2.30. The van der Waals surface area contributed by atoms with Crippen molar-refractivity contribution in [3.05, 3.63) is 76.4 Å². The minimum Gasteiger partial charge on any atom is -0.465 e. The van der Waals surface area contributed by atoms with E-state index in [4.69, 9.17) is 32.0 Å². The largest absolute Gasteiger partial charge is 0.465 e. The monoisotopic (exact) mass is 479 g/mol. The van der Waals surface area contributed by atoms with Crippen LogP contribution in [0.15, 0.2) is 63.6 Å². The van der Waals surface area contributed by atoms with Crippen LogP contribution in [0.5, 0.6) is 0 Å². The zero-order valence-electron chi connectivity index (χ0n) is 16.3. The van der Waals surface area contributed by atoms with Gasteiger partial charge in [-0.25, -0.2) is 8.42 Å². The quantitative estimate of drug-likeness (QED) is 0.460. The molecule has 1 aromatic carbocycles. The zero-order chi connectivity index (χ0) is 22.0. The first-order valence-corrected chi connectivity index (χ1v) is 12.2. The van der Waals surface area contributed by atoms with Crippen LogP contribution in [0.1, 0.15) is 17.9 Å². The summed E-state index contributed by atoms with van der Waals surface area (Å²) in [5.41, 5.74) is 0.750. The molecule has 31 heavy (non-hydrogen) atoms.